The lowest BCUT2D eigenvalue weighted by atomic mass is 10.1. The Morgan fingerprint density at radius 2 is 1.85 bits per heavy atom. The van der Waals surface area contributed by atoms with Crippen LogP contribution < -0.4 is 5.73 Å². The number of nitrogen functional groups attached to an aromatic ring is 1. The third-order valence-electron chi connectivity index (χ3n) is 3.17. The van der Waals surface area contributed by atoms with Gasteiger partial charge in [-0.1, -0.05) is 27.5 Å². The molecule has 2 heterocycles. The van der Waals surface area contributed by atoms with Gasteiger partial charge in [0.25, 0.3) is 0 Å². The Balaban J connectivity index is 2.38. The minimum absolute atomic E-state index is 0.406. The van der Waals surface area contributed by atoms with Crippen LogP contribution in [-0.4, -0.2) is 14.5 Å². The molecule has 6 heteroatoms. The third-order valence-corrected chi connectivity index (χ3v) is 3.83. The Hall–Kier alpha value is -1.59. The van der Waals surface area contributed by atoms with Gasteiger partial charge < -0.3 is 5.73 Å². The van der Waals surface area contributed by atoms with Gasteiger partial charge in [-0.25, -0.2) is 9.97 Å². The van der Waals surface area contributed by atoms with E-state index in [4.69, 9.17) is 17.3 Å². The molecule has 102 valence electrons. The topological polar surface area (TPSA) is 56.7 Å². The third kappa shape index (κ3) is 2.07. The zero-order chi connectivity index (χ0) is 14.4. The Bertz CT molecular complexity index is 802. The van der Waals surface area contributed by atoms with E-state index in [1.54, 1.807) is 12.3 Å². The standard InChI is InChI=1S/C14H12BrClN4/c1-7-3-9(15)4-8(2)12(7)20-13-11(19-14(20)17)5-10(16)6-18-13/h3-6H,1-2H3,(H2,17,19). The lowest BCUT2D eigenvalue weighted by Gasteiger charge is -2.13. The summed E-state index contributed by atoms with van der Waals surface area (Å²) in [6.07, 6.45) is 1.60. The summed E-state index contributed by atoms with van der Waals surface area (Å²) >= 11 is 9.45. The molecule has 2 N–H and O–H groups in total. The van der Waals surface area contributed by atoms with Crippen molar-refractivity contribution in [3.8, 4) is 5.69 Å². The minimum atomic E-state index is 0.406. The van der Waals surface area contributed by atoms with Crippen molar-refractivity contribution in [2.45, 2.75) is 13.8 Å². The number of rotatable bonds is 1. The summed E-state index contributed by atoms with van der Waals surface area (Å²) in [5.41, 5.74) is 10.7. The average molecular weight is 352 g/mol. The highest BCUT2D eigenvalue weighted by molar-refractivity contribution is 9.10. The molecule has 0 saturated carbocycles. The number of hydrogen-bond donors (Lipinski definition) is 1. The molecule has 3 aromatic rings. The second-order valence-electron chi connectivity index (χ2n) is 4.69. The molecule has 0 unspecified atom stereocenters. The molecule has 0 atom stereocenters. The predicted molar refractivity (Wildman–Crippen MR) is 85.5 cm³/mol. The van der Waals surface area contributed by atoms with E-state index in [0.29, 0.717) is 22.1 Å². The number of nitrogens with two attached hydrogens (primary N) is 1. The van der Waals surface area contributed by atoms with Gasteiger partial charge in [-0.15, -0.1) is 0 Å². The van der Waals surface area contributed by atoms with Crippen molar-refractivity contribution in [3.05, 3.63) is 45.0 Å². The van der Waals surface area contributed by atoms with E-state index in [2.05, 4.69) is 25.9 Å². The molecular formula is C14H12BrClN4. The summed E-state index contributed by atoms with van der Waals surface area (Å²) in [7, 11) is 0. The van der Waals surface area contributed by atoms with Crippen molar-refractivity contribution < 1.29 is 0 Å². The van der Waals surface area contributed by atoms with Crippen LogP contribution in [0.2, 0.25) is 5.02 Å². The fourth-order valence-electron chi connectivity index (χ4n) is 2.43. The molecule has 0 saturated heterocycles. The first kappa shape index (κ1) is 13.4. The lowest BCUT2D eigenvalue weighted by molar-refractivity contribution is 1.05. The van der Waals surface area contributed by atoms with E-state index in [1.807, 2.05) is 30.5 Å². The summed E-state index contributed by atoms with van der Waals surface area (Å²) in [4.78, 5) is 8.70. The number of fused-ring (bicyclic) bond motifs is 1. The van der Waals surface area contributed by atoms with Crippen molar-refractivity contribution in [2.24, 2.45) is 0 Å². The van der Waals surface area contributed by atoms with Crippen LogP contribution in [0.15, 0.2) is 28.9 Å². The quantitative estimate of drug-likeness (QED) is 0.720. The normalized spacial score (nSPS) is 11.2. The maximum absolute atomic E-state index is 6.07. The van der Waals surface area contributed by atoms with Crippen molar-refractivity contribution in [3.63, 3.8) is 0 Å². The summed E-state index contributed by atoms with van der Waals surface area (Å²) in [6, 6.07) is 5.85. The highest BCUT2D eigenvalue weighted by Crippen LogP contribution is 2.29. The number of aromatic nitrogens is 3. The largest absolute Gasteiger partial charge is 0.369 e. The van der Waals surface area contributed by atoms with Gasteiger partial charge in [-0.2, -0.15) is 0 Å². The molecule has 20 heavy (non-hydrogen) atoms. The van der Waals surface area contributed by atoms with Crippen LogP contribution in [0.1, 0.15) is 11.1 Å². The van der Waals surface area contributed by atoms with Crippen LogP contribution in [0.3, 0.4) is 0 Å². The van der Waals surface area contributed by atoms with Crippen molar-refractivity contribution in [1.82, 2.24) is 14.5 Å². The number of anilines is 1. The smallest absolute Gasteiger partial charge is 0.207 e. The Morgan fingerprint density at radius 1 is 1.20 bits per heavy atom. The average Bonchev–Trinajstić information content (AvgIpc) is 2.64. The first-order valence-electron chi connectivity index (χ1n) is 6.04. The van der Waals surface area contributed by atoms with Gasteiger partial charge in [0.15, 0.2) is 5.65 Å². The molecule has 0 aliphatic rings. The molecule has 0 amide bonds. The van der Waals surface area contributed by atoms with Gasteiger partial charge in [0.1, 0.15) is 5.52 Å². The molecule has 0 radical (unpaired) electrons. The highest BCUT2D eigenvalue weighted by Gasteiger charge is 2.15. The van der Waals surface area contributed by atoms with Gasteiger partial charge >= 0.3 is 0 Å². The fraction of sp³-hybridized carbons (Fsp3) is 0.143. The van der Waals surface area contributed by atoms with E-state index < -0.39 is 0 Å². The van der Waals surface area contributed by atoms with Crippen LogP contribution in [0.25, 0.3) is 16.9 Å². The van der Waals surface area contributed by atoms with Crippen molar-refractivity contribution in [1.29, 1.82) is 0 Å². The van der Waals surface area contributed by atoms with Crippen LogP contribution in [0, 0.1) is 13.8 Å². The zero-order valence-corrected chi connectivity index (χ0v) is 13.3. The Kier molecular flexibility index (Phi) is 3.18. The monoisotopic (exact) mass is 350 g/mol. The van der Waals surface area contributed by atoms with Crippen LogP contribution in [-0.2, 0) is 0 Å². The molecular weight excluding hydrogens is 340 g/mol. The second-order valence-corrected chi connectivity index (χ2v) is 6.04. The van der Waals surface area contributed by atoms with Crippen LogP contribution in [0.5, 0.6) is 0 Å². The first-order chi connectivity index (χ1) is 9.47. The number of aryl methyl sites for hydroxylation is 2. The van der Waals surface area contributed by atoms with Gasteiger partial charge in [0.2, 0.25) is 5.95 Å². The van der Waals surface area contributed by atoms with Gasteiger partial charge in [0.05, 0.1) is 10.7 Å². The van der Waals surface area contributed by atoms with Crippen molar-refractivity contribution in [2.75, 3.05) is 5.73 Å². The molecule has 0 spiro atoms. The van der Waals surface area contributed by atoms with E-state index >= 15 is 0 Å². The van der Waals surface area contributed by atoms with E-state index in [0.717, 1.165) is 21.3 Å². The summed E-state index contributed by atoms with van der Waals surface area (Å²) < 4.78 is 2.90. The highest BCUT2D eigenvalue weighted by atomic mass is 79.9. The maximum Gasteiger partial charge on any atom is 0.207 e. The first-order valence-corrected chi connectivity index (χ1v) is 7.21. The lowest BCUT2D eigenvalue weighted by Crippen LogP contribution is -2.05. The van der Waals surface area contributed by atoms with E-state index in [9.17, 15) is 0 Å². The molecule has 0 aliphatic carbocycles. The van der Waals surface area contributed by atoms with E-state index in [1.165, 1.54) is 0 Å². The number of benzene rings is 1. The number of halogens is 2. The van der Waals surface area contributed by atoms with E-state index in [-0.39, 0.29) is 0 Å². The van der Waals surface area contributed by atoms with Crippen LogP contribution in [0.4, 0.5) is 5.95 Å². The molecule has 3 rings (SSSR count). The summed E-state index contributed by atoms with van der Waals surface area (Å²) in [6.45, 7) is 4.07. The molecule has 1 aromatic carbocycles. The van der Waals surface area contributed by atoms with Gasteiger partial charge in [0, 0.05) is 10.7 Å². The summed E-state index contributed by atoms with van der Waals surface area (Å²) in [5, 5.41) is 0.548. The molecule has 0 fully saturated rings. The SMILES string of the molecule is Cc1cc(Br)cc(C)c1-n1c(N)nc2cc(Cl)cnc21. The summed E-state index contributed by atoms with van der Waals surface area (Å²) in [5.74, 6) is 0.406. The Morgan fingerprint density at radius 3 is 2.50 bits per heavy atom. The Labute approximate surface area is 129 Å². The maximum atomic E-state index is 6.07. The fourth-order valence-corrected chi connectivity index (χ4v) is 3.27. The number of pyridine rings is 1. The minimum Gasteiger partial charge on any atom is -0.369 e. The zero-order valence-electron chi connectivity index (χ0n) is 11.0. The molecule has 4 nitrogen and oxygen atoms in total. The number of hydrogen-bond acceptors (Lipinski definition) is 3. The molecule has 0 bridgehead atoms. The van der Waals surface area contributed by atoms with Crippen LogP contribution >= 0.6 is 27.5 Å². The van der Waals surface area contributed by atoms with Gasteiger partial charge in [-0.3, -0.25) is 4.57 Å². The second kappa shape index (κ2) is 4.75. The number of nitrogens with zero attached hydrogens (tertiary/aromatic N) is 3. The molecule has 0 aliphatic heterocycles. The number of imidazole rings is 1. The van der Waals surface area contributed by atoms with Gasteiger partial charge in [-0.05, 0) is 43.2 Å². The van der Waals surface area contributed by atoms with Crippen molar-refractivity contribution >= 4 is 44.6 Å². The molecule has 2 aromatic heterocycles. The predicted octanol–water partition coefficient (Wildman–Crippen LogP) is 4.04.